The molecule has 1 saturated heterocycles. The second-order valence-corrected chi connectivity index (χ2v) is 10.9. The molecule has 1 amide bonds. The quantitative estimate of drug-likeness (QED) is 0.208. The minimum Gasteiger partial charge on any atom is -0.458 e. The molecule has 0 spiro atoms. The zero-order valence-corrected chi connectivity index (χ0v) is 24.7. The van der Waals surface area contributed by atoms with Gasteiger partial charge >= 0.3 is 0 Å². The van der Waals surface area contributed by atoms with E-state index < -0.39 is 0 Å². The SMILES string of the molecule is C=C/C(=C\C1=C(C)OCO1)CNC(=O)CC1CN(Cc2ccc(N)c3ccccc23)CCN1c1ccnc(-n2ccnc2)n1. The lowest BCUT2D eigenvalue weighted by atomic mass is 10.0. The molecule has 11 nitrogen and oxygen atoms in total. The van der Waals surface area contributed by atoms with Gasteiger partial charge < -0.3 is 25.4 Å². The van der Waals surface area contributed by atoms with Crippen molar-refractivity contribution in [3.8, 4) is 5.95 Å². The normalized spacial score (nSPS) is 17.4. The monoisotopic (exact) mass is 592 g/mol. The van der Waals surface area contributed by atoms with Gasteiger partial charge in [-0.25, -0.2) is 9.97 Å². The summed E-state index contributed by atoms with van der Waals surface area (Å²) in [5.41, 5.74) is 9.08. The Morgan fingerprint density at radius 1 is 1.14 bits per heavy atom. The number of rotatable bonds is 10. The van der Waals surface area contributed by atoms with Crippen molar-refractivity contribution < 1.29 is 14.3 Å². The number of ether oxygens (including phenoxy) is 2. The summed E-state index contributed by atoms with van der Waals surface area (Å²) in [7, 11) is 0. The molecule has 3 N–H and O–H groups in total. The molecule has 44 heavy (non-hydrogen) atoms. The van der Waals surface area contributed by atoms with Crippen LogP contribution in [0.2, 0.25) is 0 Å². The minimum absolute atomic E-state index is 0.0642. The smallest absolute Gasteiger partial charge is 0.236 e. The standard InChI is InChI=1S/C33H36N8O3/c1-3-24(16-30-23(2)43-22-44-30)18-37-32(42)17-26-20-39(19-25-8-9-29(34)28-7-5-4-6-27(25)28)14-15-41(26)31-10-11-36-33(38-31)40-13-12-35-21-40/h3-13,16,21,26H,1,14-15,17-20,22,34H2,2H3,(H,37,42)/b24-16+. The van der Waals surface area contributed by atoms with Gasteiger partial charge in [-0.3, -0.25) is 14.3 Å². The fourth-order valence-electron chi connectivity index (χ4n) is 5.64. The number of nitrogens with zero attached hydrogens (tertiary/aromatic N) is 6. The number of benzene rings is 2. The number of hydrogen-bond donors (Lipinski definition) is 2. The van der Waals surface area contributed by atoms with Gasteiger partial charge in [-0.15, -0.1) is 0 Å². The lowest BCUT2D eigenvalue weighted by molar-refractivity contribution is -0.121. The van der Waals surface area contributed by atoms with Gasteiger partial charge in [-0.1, -0.05) is 43.0 Å². The van der Waals surface area contributed by atoms with Gasteiger partial charge in [-0.05, 0) is 41.7 Å². The van der Waals surface area contributed by atoms with Crippen LogP contribution >= 0.6 is 0 Å². The van der Waals surface area contributed by atoms with E-state index in [9.17, 15) is 4.79 Å². The van der Waals surface area contributed by atoms with Crippen LogP contribution in [0.15, 0.2) is 103 Å². The molecular weight excluding hydrogens is 556 g/mol. The van der Waals surface area contributed by atoms with Gasteiger partial charge in [0.25, 0.3) is 0 Å². The number of aromatic nitrogens is 4. The molecular formula is C33H36N8O3. The van der Waals surface area contributed by atoms with Gasteiger partial charge in [0.1, 0.15) is 17.9 Å². The Labute approximate surface area is 256 Å². The summed E-state index contributed by atoms with van der Waals surface area (Å²) < 4.78 is 12.6. The van der Waals surface area contributed by atoms with Crippen molar-refractivity contribution in [1.82, 2.24) is 29.7 Å². The Bertz CT molecular complexity index is 1720. The molecule has 0 bridgehead atoms. The zero-order valence-electron chi connectivity index (χ0n) is 24.7. The van der Waals surface area contributed by atoms with Crippen LogP contribution in [-0.4, -0.2) is 69.3 Å². The van der Waals surface area contributed by atoms with Crippen molar-refractivity contribution in [2.24, 2.45) is 0 Å². The Balaban J connectivity index is 1.21. The van der Waals surface area contributed by atoms with Gasteiger partial charge in [-0.2, -0.15) is 4.98 Å². The zero-order chi connectivity index (χ0) is 30.5. The summed E-state index contributed by atoms with van der Waals surface area (Å²) in [6.07, 6.45) is 10.8. The fourth-order valence-corrected chi connectivity index (χ4v) is 5.64. The summed E-state index contributed by atoms with van der Waals surface area (Å²) in [5.74, 6) is 2.60. The number of nitrogen functional groups attached to an aromatic ring is 1. The molecule has 2 aliphatic rings. The van der Waals surface area contributed by atoms with Gasteiger partial charge in [0.15, 0.2) is 5.76 Å². The van der Waals surface area contributed by atoms with Crippen LogP contribution in [0.5, 0.6) is 0 Å². The van der Waals surface area contributed by atoms with E-state index in [1.54, 1.807) is 29.4 Å². The van der Waals surface area contributed by atoms with E-state index in [-0.39, 0.29) is 25.2 Å². The topological polar surface area (TPSA) is 124 Å². The van der Waals surface area contributed by atoms with Gasteiger partial charge in [0.05, 0.1) is 6.04 Å². The summed E-state index contributed by atoms with van der Waals surface area (Å²) >= 11 is 0. The van der Waals surface area contributed by atoms with Crippen LogP contribution in [0.4, 0.5) is 11.5 Å². The predicted octanol–water partition coefficient (Wildman–Crippen LogP) is 3.94. The molecule has 2 aromatic carbocycles. The van der Waals surface area contributed by atoms with E-state index >= 15 is 0 Å². The van der Waals surface area contributed by atoms with Crippen molar-refractivity contribution >= 4 is 28.2 Å². The van der Waals surface area contributed by atoms with Gasteiger partial charge in [0.2, 0.25) is 18.6 Å². The number of allylic oxidation sites excluding steroid dienone is 2. The first-order valence-electron chi connectivity index (χ1n) is 14.6. The largest absolute Gasteiger partial charge is 0.458 e. The number of anilines is 2. The number of carbonyl (C=O) groups excluding carboxylic acids is 1. The number of nitrogens with two attached hydrogens (primary N) is 1. The van der Waals surface area contributed by atoms with Crippen LogP contribution in [-0.2, 0) is 20.8 Å². The van der Waals surface area contributed by atoms with Crippen LogP contribution < -0.4 is 16.0 Å². The minimum atomic E-state index is -0.123. The maximum absolute atomic E-state index is 13.4. The molecule has 4 aromatic rings. The summed E-state index contributed by atoms with van der Waals surface area (Å²) in [4.78, 5) is 31.4. The molecule has 2 aromatic heterocycles. The number of hydrogen-bond acceptors (Lipinski definition) is 9. The van der Waals surface area contributed by atoms with Crippen molar-refractivity contribution in [2.75, 3.05) is 43.6 Å². The lowest BCUT2D eigenvalue weighted by Crippen LogP contribution is -2.54. The van der Waals surface area contributed by atoms with E-state index in [4.69, 9.17) is 20.2 Å². The summed E-state index contributed by atoms with van der Waals surface area (Å²) in [6.45, 7) is 9.20. The maximum Gasteiger partial charge on any atom is 0.236 e. The molecule has 1 atom stereocenters. The second kappa shape index (κ2) is 13.0. The third-order valence-electron chi connectivity index (χ3n) is 7.99. The number of amides is 1. The number of carbonyl (C=O) groups is 1. The average Bonchev–Trinajstić information content (AvgIpc) is 3.73. The molecule has 0 radical (unpaired) electrons. The van der Waals surface area contributed by atoms with Crippen LogP contribution in [0.25, 0.3) is 16.7 Å². The molecule has 2 aliphatic heterocycles. The number of fused-ring (bicyclic) bond motifs is 1. The number of nitrogens with one attached hydrogen (secondary N) is 1. The van der Waals surface area contributed by atoms with Gasteiger partial charge in [0, 0.05) is 68.8 Å². The van der Waals surface area contributed by atoms with Crippen LogP contribution in [0.3, 0.4) is 0 Å². The highest BCUT2D eigenvalue weighted by Crippen LogP contribution is 2.28. The van der Waals surface area contributed by atoms with E-state index in [0.717, 1.165) is 40.9 Å². The highest BCUT2D eigenvalue weighted by molar-refractivity contribution is 5.95. The number of imidazole rings is 1. The molecule has 0 aliphatic carbocycles. The third kappa shape index (κ3) is 6.42. The highest BCUT2D eigenvalue weighted by Gasteiger charge is 2.30. The molecule has 226 valence electrons. The Kier molecular flexibility index (Phi) is 8.55. The van der Waals surface area contributed by atoms with Crippen LogP contribution in [0, 0.1) is 0 Å². The lowest BCUT2D eigenvalue weighted by Gasteiger charge is -2.42. The predicted molar refractivity (Wildman–Crippen MR) is 170 cm³/mol. The fraction of sp³-hybridized carbons (Fsp3) is 0.273. The van der Waals surface area contributed by atoms with Crippen molar-refractivity contribution in [2.45, 2.75) is 25.9 Å². The Hall–Kier alpha value is -5.16. The van der Waals surface area contributed by atoms with E-state index in [1.165, 1.54) is 5.56 Å². The average molecular weight is 593 g/mol. The summed E-state index contributed by atoms with van der Waals surface area (Å²) in [5, 5.41) is 5.27. The molecule has 1 unspecified atom stereocenters. The van der Waals surface area contributed by atoms with Crippen LogP contribution in [0.1, 0.15) is 18.9 Å². The molecule has 4 heterocycles. The van der Waals surface area contributed by atoms with E-state index in [0.29, 0.717) is 37.1 Å². The van der Waals surface area contributed by atoms with Crippen molar-refractivity contribution in [3.63, 3.8) is 0 Å². The van der Waals surface area contributed by atoms with Crippen molar-refractivity contribution in [1.29, 1.82) is 0 Å². The molecule has 11 heteroatoms. The van der Waals surface area contributed by atoms with E-state index in [2.05, 4.69) is 49.9 Å². The van der Waals surface area contributed by atoms with Crippen molar-refractivity contribution in [3.05, 3.63) is 109 Å². The summed E-state index contributed by atoms with van der Waals surface area (Å²) in [6, 6.07) is 14.1. The molecule has 1 fully saturated rings. The Morgan fingerprint density at radius 2 is 2.00 bits per heavy atom. The first kappa shape index (κ1) is 28.9. The third-order valence-corrected chi connectivity index (χ3v) is 7.99. The Morgan fingerprint density at radius 3 is 2.77 bits per heavy atom. The molecule has 6 rings (SSSR count). The molecule has 0 saturated carbocycles. The number of piperazine rings is 1. The second-order valence-electron chi connectivity index (χ2n) is 10.9. The maximum atomic E-state index is 13.4. The first-order chi connectivity index (χ1) is 21.5. The highest BCUT2D eigenvalue weighted by atomic mass is 16.7. The van der Waals surface area contributed by atoms with E-state index in [1.807, 2.05) is 43.5 Å². The first-order valence-corrected chi connectivity index (χ1v) is 14.6.